The Hall–Kier alpha value is -2.01. The van der Waals surface area contributed by atoms with Gasteiger partial charge in [0.05, 0.1) is 0 Å². The summed E-state index contributed by atoms with van der Waals surface area (Å²) in [4.78, 5) is 0. The van der Waals surface area contributed by atoms with Crippen molar-refractivity contribution in [2.75, 3.05) is 6.61 Å². The summed E-state index contributed by atoms with van der Waals surface area (Å²) in [5.41, 5.74) is 0.377. The molecule has 0 saturated heterocycles. The van der Waals surface area contributed by atoms with Gasteiger partial charge < -0.3 is 9.84 Å². The van der Waals surface area contributed by atoms with Gasteiger partial charge in [-0.25, -0.2) is 13.2 Å². The highest BCUT2D eigenvalue weighted by Gasteiger charge is 2.16. The van der Waals surface area contributed by atoms with E-state index in [0.29, 0.717) is 11.3 Å². The van der Waals surface area contributed by atoms with Crippen LogP contribution in [0.4, 0.5) is 13.2 Å². The van der Waals surface area contributed by atoms with Gasteiger partial charge in [-0.2, -0.15) is 0 Å². The molecule has 0 aliphatic rings. The molecule has 2 aromatic rings. The molecule has 0 saturated carbocycles. The average molecular weight is 282 g/mol. The first kappa shape index (κ1) is 14.4. The number of hydrogen-bond acceptors (Lipinski definition) is 2. The van der Waals surface area contributed by atoms with Crippen molar-refractivity contribution in [2.45, 2.75) is 13.0 Å². The van der Waals surface area contributed by atoms with E-state index in [4.69, 9.17) is 4.74 Å². The summed E-state index contributed by atoms with van der Waals surface area (Å²) < 4.78 is 44.7. The zero-order chi connectivity index (χ0) is 14.7. The number of aliphatic hydroxyl groups excluding tert-OH is 1. The molecule has 0 amide bonds. The van der Waals surface area contributed by atoms with Crippen molar-refractivity contribution < 1.29 is 23.0 Å². The monoisotopic (exact) mass is 282 g/mol. The van der Waals surface area contributed by atoms with Crippen molar-refractivity contribution in [1.82, 2.24) is 0 Å². The lowest BCUT2D eigenvalue weighted by molar-refractivity contribution is 0.104. The maximum Gasteiger partial charge on any atom is 0.164 e. The number of ether oxygens (including phenoxy) is 1. The van der Waals surface area contributed by atoms with Crippen LogP contribution >= 0.6 is 0 Å². The van der Waals surface area contributed by atoms with Gasteiger partial charge in [-0.3, -0.25) is 0 Å². The van der Waals surface area contributed by atoms with Crippen LogP contribution in [0.5, 0.6) is 5.75 Å². The molecular weight excluding hydrogens is 269 g/mol. The lowest BCUT2D eigenvalue weighted by Gasteiger charge is -2.15. The van der Waals surface area contributed by atoms with E-state index in [-0.39, 0.29) is 12.2 Å². The predicted molar refractivity (Wildman–Crippen MR) is 67.9 cm³/mol. The molecule has 0 aromatic heterocycles. The fourth-order valence-corrected chi connectivity index (χ4v) is 1.81. The summed E-state index contributed by atoms with van der Waals surface area (Å²) in [5, 5.41) is 9.83. The Morgan fingerprint density at radius 2 is 1.90 bits per heavy atom. The van der Waals surface area contributed by atoms with Crippen molar-refractivity contribution in [1.29, 1.82) is 0 Å². The Balaban J connectivity index is 2.08. The SMILES string of the molecule is Cc1cc(F)ccc1OCC(O)c1cccc(F)c1F. The maximum atomic E-state index is 13.5. The van der Waals surface area contributed by atoms with Gasteiger partial charge in [0.1, 0.15) is 24.3 Å². The van der Waals surface area contributed by atoms with Crippen LogP contribution in [0.2, 0.25) is 0 Å². The first-order valence-corrected chi connectivity index (χ1v) is 6.00. The molecule has 20 heavy (non-hydrogen) atoms. The highest BCUT2D eigenvalue weighted by molar-refractivity contribution is 5.32. The van der Waals surface area contributed by atoms with E-state index in [1.165, 1.54) is 30.3 Å². The lowest BCUT2D eigenvalue weighted by atomic mass is 10.1. The minimum atomic E-state index is -1.31. The lowest BCUT2D eigenvalue weighted by Crippen LogP contribution is -2.12. The molecule has 0 aliphatic carbocycles. The van der Waals surface area contributed by atoms with Crippen LogP contribution in [-0.4, -0.2) is 11.7 Å². The largest absolute Gasteiger partial charge is 0.490 e. The van der Waals surface area contributed by atoms with E-state index in [1.807, 2.05) is 0 Å². The zero-order valence-electron chi connectivity index (χ0n) is 10.7. The van der Waals surface area contributed by atoms with E-state index >= 15 is 0 Å². The van der Waals surface area contributed by atoms with Crippen molar-refractivity contribution >= 4 is 0 Å². The molecule has 0 bridgehead atoms. The Bertz CT molecular complexity index is 614. The molecule has 0 spiro atoms. The average Bonchev–Trinajstić information content (AvgIpc) is 2.40. The molecule has 2 aromatic carbocycles. The molecule has 0 heterocycles. The third-order valence-electron chi connectivity index (χ3n) is 2.87. The Morgan fingerprint density at radius 1 is 1.15 bits per heavy atom. The molecule has 1 N–H and O–H groups in total. The molecule has 2 nitrogen and oxygen atoms in total. The molecule has 1 unspecified atom stereocenters. The van der Waals surface area contributed by atoms with Gasteiger partial charge in [0.25, 0.3) is 0 Å². The van der Waals surface area contributed by atoms with Gasteiger partial charge in [0, 0.05) is 5.56 Å². The highest BCUT2D eigenvalue weighted by atomic mass is 19.2. The normalized spacial score (nSPS) is 12.2. The number of halogens is 3. The summed E-state index contributed by atoms with van der Waals surface area (Å²) in [7, 11) is 0. The first-order chi connectivity index (χ1) is 9.49. The summed E-state index contributed by atoms with van der Waals surface area (Å²) in [6.07, 6.45) is -1.31. The summed E-state index contributed by atoms with van der Waals surface area (Å²) >= 11 is 0. The predicted octanol–water partition coefficient (Wildman–Crippen LogP) is 3.52. The summed E-state index contributed by atoms with van der Waals surface area (Å²) in [6, 6.07) is 7.47. The first-order valence-electron chi connectivity index (χ1n) is 6.00. The van der Waals surface area contributed by atoms with Crippen molar-refractivity contribution in [2.24, 2.45) is 0 Å². The van der Waals surface area contributed by atoms with Gasteiger partial charge in [-0.1, -0.05) is 12.1 Å². The molecule has 1 atom stereocenters. The van der Waals surface area contributed by atoms with E-state index in [1.54, 1.807) is 6.92 Å². The number of benzene rings is 2. The quantitative estimate of drug-likeness (QED) is 0.929. The molecule has 0 fully saturated rings. The molecule has 2 rings (SSSR count). The van der Waals surface area contributed by atoms with Crippen LogP contribution in [0.1, 0.15) is 17.2 Å². The van der Waals surface area contributed by atoms with E-state index in [2.05, 4.69) is 0 Å². The van der Waals surface area contributed by atoms with Crippen molar-refractivity contribution in [3.05, 3.63) is 65.0 Å². The van der Waals surface area contributed by atoms with Gasteiger partial charge in [0.15, 0.2) is 11.6 Å². The highest BCUT2D eigenvalue weighted by Crippen LogP contribution is 2.23. The number of hydrogen-bond donors (Lipinski definition) is 1. The van der Waals surface area contributed by atoms with E-state index in [9.17, 15) is 18.3 Å². The molecule has 5 heteroatoms. The number of aryl methyl sites for hydroxylation is 1. The summed E-state index contributed by atoms with van der Waals surface area (Å²) in [6.45, 7) is 1.39. The molecule has 0 radical (unpaired) electrons. The van der Waals surface area contributed by atoms with Crippen LogP contribution in [-0.2, 0) is 0 Å². The van der Waals surface area contributed by atoms with Crippen LogP contribution in [0.15, 0.2) is 36.4 Å². The topological polar surface area (TPSA) is 29.5 Å². The maximum absolute atomic E-state index is 13.5. The van der Waals surface area contributed by atoms with Gasteiger partial charge in [-0.05, 0) is 36.8 Å². The van der Waals surface area contributed by atoms with Gasteiger partial charge >= 0.3 is 0 Å². The number of aliphatic hydroxyl groups is 1. The second kappa shape index (κ2) is 5.96. The molecule has 0 aliphatic heterocycles. The van der Waals surface area contributed by atoms with E-state index < -0.39 is 23.6 Å². The molecular formula is C15H13F3O2. The second-order valence-corrected chi connectivity index (χ2v) is 4.38. The fraction of sp³-hybridized carbons (Fsp3) is 0.200. The van der Waals surface area contributed by atoms with Gasteiger partial charge in [-0.15, -0.1) is 0 Å². The fourth-order valence-electron chi connectivity index (χ4n) is 1.81. The van der Waals surface area contributed by atoms with Crippen LogP contribution in [0, 0.1) is 24.4 Å². The Labute approximate surface area is 114 Å². The van der Waals surface area contributed by atoms with Gasteiger partial charge in [0.2, 0.25) is 0 Å². The minimum absolute atomic E-state index is 0.176. The third-order valence-corrected chi connectivity index (χ3v) is 2.87. The Kier molecular flexibility index (Phi) is 4.29. The minimum Gasteiger partial charge on any atom is -0.490 e. The second-order valence-electron chi connectivity index (χ2n) is 4.38. The van der Waals surface area contributed by atoms with Crippen LogP contribution < -0.4 is 4.74 Å². The van der Waals surface area contributed by atoms with Crippen molar-refractivity contribution in [3.63, 3.8) is 0 Å². The summed E-state index contributed by atoms with van der Waals surface area (Å²) in [5.74, 6) is -2.15. The standard InChI is InChI=1S/C15H13F3O2/c1-9-7-10(16)5-6-14(9)20-8-13(19)11-3-2-4-12(17)15(11)18/h2-7,13,19H,8H2,1H3. The van der Waals surface area contributed by atoms with Crippen molar-refractivity contribution in [3.8, 4) is 5.75 Å². The molecule has 106 valence electrons. The zero-order valence-corrected chi connectivity index (χ0v) is 10.7. The van der Waals surface area contributed by atoms with Crippen LogP contribution in [0.25, 0.3) is 0 Å². The Morgan fingerprint density at radius 3 is 2.60 bits per heavy atom. The third kappa shape index (κ3) is 3.11. The smallest absolute Gasteiger partial charge is 0.164 e. The van der Waals surface area contributed by atoms with E-state index in [0.717, 1.165) is 6.07 Å². The van der Waals surface area contributed by atoms with Crippen LogP contribution in [0.3, 0.4) is 0 Å². The number of rotatable bonds is 4.